The lowest BCUT2D eigenvalue weighted by Gasteiger charge is -1.98. The number of nitrogens with one attached hydrogen (secondary N) is 1. The van der Waals surface area contributed by atoms with Gasteiger partial charge in [0.05, 0.1) is 11.9 Å². The van der Waals surface area contributed by atoms with Crippen molar-refractivity contribution in [3.8, 4) is 0 Å². The topological polar surface area (TPSA) is 37.5 Å². The van der Waals surface area contributed by atoms with Crippen LogP contribution in [0.5, 0.6) is 0 Å². The van der Waals surface area contributed by atoms with Gasteiger partial charge in [0.2, 0.25) is 0 Å². The van der Waals surface area contributed by atoms with Crippen LogP contribution in [-0.4, -0.2) is 6.21 Å². The Hall–Kier alpha value is -2.46. The predicted octanol–water partition coefficient (Wildman–Crippen LogP) is 5.19. The van der Waals surface area contributed by atoms with Crippen LogP contribution in [0, 0.1) is 6.92 Å². The van der Waals surface area contributed by atoms with E-state index >= 15 is 0 Å². The molecule has 0 amide bonds. The molecule has 4 heteroatoms. The maximum Gasteiger partial charge on any atom is 0.165 e. The van der Waals surface area contributed by atoms with Crippen LogP contribution in [0.3, 0.4) is 0 Å². The lowest BCUT2D eigenvalue weighted by atomic mass is 10.2. The summed E-state index contributed by atoms with van der Waals surface area (Å²) >= 11 is 1.60. The smallest absolute Gasteiger partial charge is 0.165 e. The number of benzene rings is 2. The molecule has 0 saturated heterocycles. The zero-order chi connectivity index (χ0) is 15.2. The first-order chi connectivity index (χ1) is 10.8. The second kappa shape index (κ2) is 7.00. The van der Waals surface area contributed by atoms with Gasteiger partial charge in [-0.3, -0.25) is 5.43 Å². The van der Waals surface area contributed by atoms with Gasteiger partial charge in [-0.15, -0.1) is 0 Å². The summed E-state index contributed by atoms with van der Waals surface area (Å²) < 4.78 is 5.73. The Morgan fingerprint density at radius 1 is 0.955 bits per heavy atom. The molecule has 1 heterocycles. The van der Waals surface area contributed by atoms with Crippen LogP contribution in [0.25, 0.3) is 0 Å². The molecule has 1 N–H and O–H groups in total. The normalized spacial score (nSPS) is 11.0. The van der Waals surface area contributed by atoms with Crippen LogP contribution in [-0.2, 0) is 0 Å². The number of nitrogens with zero attached hydrogens (tertiary/aromatic N) is 1. The Morgan fingerprint density at radius 2 is 1.73 bits per heavy atom. The highest BCUT2D eigenvalue weighted by Gasteiger charge is 2.02. The summed E-state index contributed by atoms with van der Waals surface area (Å²) in [5.41, 5.74) is 5.16. The Labute approximate surface area is 134 Å². The summed E-state index contributed by atoms with van der Waals surface area (Å²) in [6.45, 7) is 2.08. The van der Waals surface area contributed by atoms with Crippen LogP contribution >= 0.6 is 11.8 Å². The van der Waals surface area contributed by atoms with Crippen molar-refractivity contribution in [2.45, 2.75) is 16.9 Å². The zero-order valence-electron chi connectivity index (χ0n) is 12.2. The molecule has 0 spiro atoms. The molecule has 22 heavy (non-hydrogen) atoms. The maximum absolute atomic E-state index is 5.73. The van der Waals surface area contributed by atoms with E-state index in [2.05, 4.69) is 41.7 Å². The van der Waals surface area contributed by atoms with E-state index in [4.69, 9.17) is 4.42 Å². The standard InChI is InChI=1S/C18H16N2OS/c1-14-7-10-17(11-8-14)22-18-12-9-16(21-18)13-19-20-15-5-3-2-4-6-15/h2-13,20H,1H3/b19-13+. The zero-order valence-corrected chi connectivity index (χ0v) is 13.0. The molecule has 1 aromatic heterocycles. The number of hydrazone groups is 1. The van der Waals surface area contributed by atoms with Crippen molar-refractivity contribution in [2.75, 3.05) is 5.43 Å². The molecule has 3 nitrogen and oxygen atoms in total. The molecule has 0 aliphatic heterocycles. The van der Waals surface area contributed by atoms with Gasteiger partial charge in [-0.2, -0.15) is 5.10 Å². The Balaban J connectivity index is 1.60. The van der Waals surface area contributed by atoms with Gasteiger partial charge in [0.25, 0.3) is 0 Å². The van der Waals surface area contributed by atoms with Gasteiger partial charge in [-0.1, -0.05) is 47.7 Å². The molecule has 3 rings (SSSR count). The summed E-state index contributed by atoms with van der Waals surface area (Å²) in [6, 6.07) is 22.0. The monoisotopic (exact) mass is 308 g/mol. The first kappa shape index (κ1) is 14.5. The Morgan fingerprint density at radius 3 is 2.50 bits per heavy atom. The predicted molar refractivity (Wildman–Crippen MR) is 91.7 cm³/mol. The van der Waals surface area contributed by atoms with E-state index in [1.165, 1.54) is 5.56 Å². The number of furan rings is 1. The average molecular weight is 308 g/mol. The molecule has 0 unspecified atom stereocenters. The van der Waals surface area contributed by atoms with Crippen molar-refractivity contribution < 1.29 is 4.42 Å². The van der Waals surface area contributed by atoms with Crippen molar-refractivity contribution in [1.29, 1.82) is 0 Å². The highest BCUT2D eigenvalue weighted by Crippen LogP contribution is 2.28. The summed E-state index contributed by atoms with van der Waals surface area (Å²) in [5, 5.41) is 5.02. The van der Waals surface area contributed by atoms with Crippen LogP contribution < -0.4 is 5.43 Å². The molecule has 0 saturated carbocycles. The lowest BCUT2D eigenvalue weighted by Crippen LogP contribution is -1.88. The summed E-state index contributed by atoms with van der Waals surface area (Å²) in [6.07, 6.45) is 1.67. The molecule has 2 aromatic carbocycles. The molecule has 0 bridgehead atoms. The van der Waals surface area contributed by atoms with E-state index in [-0.39, 0.29) is 0 Å². The van der Waals surface area contributed by atoms with E-state index in [0.29, 0.717) is 0 Å². The SMILES string of the molecule is Cc1ccc(Sc2ccc(/C=N/Nc3ccccc3)o2)cc1. The van der Waals surface area contributed by atoms with Gasteiger partial charge < -0.3 is 4.42 Å². The van der Waals surface area contributed by atoms with E-state index < -0.39 is 0 Å². The van der Waals surface area contributed by atoms with Gasteiger partial charge in [-0.05, 0) is 43.3 Å². The summed E-state index contributed by atoms with van der Waals surface area (Å²) in [4.78, 5) is 1.16. The van der Waals surface area contributed by atoms with Gasteiger partial charge >= 0.3 is 0 Å². The third-order valence-electron chi connectivity index (χ3n) is 3.00. The second-order valence-corrected chi connectivity index (χ2v) is 5.89. The van der Waals surface area contributed by atoms with E-state index in [0.717, 1.165) is 21.4 Å². The third kappa shape index (κ3) is 4.02. The first-order valence-corrected chi connectivity index (χ1v) is 7.80. The second-order valence-electron chi connectivity index (χ2n) is 4.81. The molecule has 0 atom stereocenters. The van der Waals surface area contributed by atoms with Crippen molar-refractivity contribution in [3.05, 3.63) is 78.1 Å². The van der Waals surface area contributed by atoms with Crippen LogP contribution in [0.1, 0.15) is 11.3 Å². The fourth-order valence-electron chi connectivity index (χ4n) is 1.86. The molecular weight excluding hydrogens is 292 g/mol. The Kier molecular flexibility index (Phi) is 4.61. The Bertz CT molecular complexity index is 748. The fourth-order valence-corrected chi connectivity index (χ4v) is 2.64. The largest absolute Gasteiger partial charge is 0.448 e. The number of rotatable bonds is 5. The molecular formula is C18H16N2OS. The van der Waals surface area contributed by atoms with Crippen LogP contribution in [0.2, 0.25) is 0 Å². The minimum atomic E-state index is 0.720. The van der Waals surface area contributed by atoms with E-state index in [1.54, 1.807) is 18.0 Å². The fraction of sp³-hybridized carbons (Fsp3) is 0.0556. The average Bonchev–Trinajstić information content (AvgIpc) is 2.98. The highest BCUT2D eigenvalue weighted by molar-refractivity contribution is 7.99. The quantitative estimate of drug-likeness (QED) is 0.521. The van der Waals surface area contributed by atoms with Crippen LogP contribution in [0.15, 0.2) is 86.2 Å². The molecule has 0 aliphatic carbocycles. The summed E-state index contributed by atoms with van der Waals surface area (Å²) in [7, 11) is 0. The van der Waals surface area contributed by atoms with Gasteiger partial charge in [0.1, 0.15) is 5.76 Å². The number of hydrogen-bond acceptors (Lipinski definition) is 4. The number of anilines is 1. The van der Waals surface area contributed by atoms with Gasteiger partial charge in [0, 0.05) is 4.90 Å². The van der Waals surface area contributed by atoms with E-state index in [9.17, 15) is 0 Å². The number of hydrogen-bond donors (Lipinski definition) is 1. The van der Waals surface area contributed by atoms with Gasteiger partial charge in [0.15, 0.2) is 5.09 Å². The molecule has 3 aromatic rings. The van der Waals surface area contributed by atoms with Crippen molar-refractivity contribution >= 4 is 23.7 Å². The van der Waals surface area contributed by atoms with Crippen molar-refractivity contribution in [3.63, 3.8) is 0 Å². The van der Waals surface area contributed by atoms with Crippen LogP contribution in [0.4, 0.5) is 5.69 Å². The van der Waals surface area contributed by atoms with Crippen molar-refractivity contribution in [2.24, 2.45) is 5.10 Å². The third-order valence-corrected chi connectivity index (χ3v) is 3.93. The van der Waals surface area contributed by atoms with E-state index in [1.807, 2.05) is 42.5 Å². The first-order valence-electron chi connectivity index (χ1n) is 6.98. The number of aryl methyl sites for hydroxylation is 1. The minimum Gasteiger partial charge on any atom is -0.448 e. The molecule has 0 radical (unpaired) electrons. The van der Waals surface area contributed by atoms with Crippen molar-refractivity contribution in [1.82, 2.24) is 0 Å². The molecule has 0 aliphatic rings. The maximum atomic E-state index is 5.73. The molecule has 0 fully saturated rings. The summed E-state index contributed by atoms with van der Waals surface area (Å²) in [5.74, 6) is 0.720. The lowest BCUT2D eigenvalue weighted by molar-refractivity contribution is 0.469. The molecule has 110 valence electrons. The number of para-hydroxylation sites is 1. The minimum absolute atomic E-state index is 0.720. The van der Waals surface area contributed by atoms with Gasteiger partial charge in [-0.25, -0.2) is 0 Å². The highest BCUT2D eigenvalue weighted by atomic mass is 32.2.